The number of thiophene rings is 1. The van der Waals surface area contributed by atoms with Gasteiger partial charge in [-0.05, 0) is 36.8 Å². The standard InChI is InChI=1S/C20H17N3O2S.ClH/c1-2-25-16-8-6-13(7-9-16)17-11-26-20-18(17)19(21-12-22-20)23-14-4-3-5-15(24)10-14;/h3-12,24H,2H2,1H3,(H,21,22,23);1H. The van der Waals surface area contributed by atoms with Gasteiger partial charge in [-0.15, -0.1) is 23.7 Å². The summed E-state index contributed by atoms with van der Waals surface area (Å²) in [6.07, 6.45) is 1.55. The molecule has 27 heavy (non-hydrogen) atoms. The maximum atomic E-state index is 9.68. The third kappa shape index (κ3) is 3.97. The molecule has 4 rings (SSSR count). The highest BCUT2D eigenvalue weighted by Gasteiger charge is 2.13. The van der Waals surface area contributed by atoms with Gasteiger partial charge in [0.05, 0.1) is 12.0 Å². The fraction of sp³-hybridized carbons (Fsp3) is 0.100. The highest BCUT2D eigenvalue weighted by atomic mass is 35.5. The average molecular weight is 400 g/mol. The molecule has 0 aliphatic carbocycles. The predicted molar refractivity (Wildman–Crippen MR) is 113 cm³/mol. The number of phenolic OH excluding ortho intramolecular Hbond substituents is 1. The zero-order valence-electron chi connectivity index (χ0n) is 14.5. The maximum absolute atomic E-state index is 9.68. The summed E-state index contributed by atoms with van der Waals surface area (Å²) in [4.78, 5) is 9.71. The summed E-state index contributed by atoms with van der Waals surface area (Å²) in [6.45, 7) is 2.61. The molecule has 0 atom stereocenters. The molecule has 5 nitrogen and oxygen atoms in total. The molecule has 4 aromatic rings. The van der Waals surface area contributed by atoms with Crippen LogP contribution in [-0.2, 0) is 0 Å². The Morgan fingerprint density at radius 1 is 1.11 bits per heavy atom. The van der Waals surface area contributed by atoms with Gasteiger partial charge in [-0.25, -0.2) is 9.97 Å². The van der Waals surface area contributed by atoms with Crippen LogP contribution in [-0.4, -0.2) is 21.7 Å². The van der Waals surface area contributed by atoms with Crippen LogP contribution in [0.25, 0.3) is 21.3 Å². The first kappa shape index (κ1) is 18.9. The number of hydrogen-bond acceptors (Lipinski definition) is 6. The van der Waals surface area contributed by atoms with Crippen LogP contribution in [0.2, 0.25) is 0 Å². The molecule has 7 heteroatoms. The minimum atomic E-state index is 0. The quantitative estimate of drug-likeness (QED) is 0.455. The third-order valence-corrected chi connectivity index (χ3v) is 4.84. The zero-order chi connectivity index (χ0) is 17.9. The van der Waals surface area contributed by atoms with Gasteiger partial charge in [-0.2, -0.15) is 0 Å². The van der Waals surface area contributed by atoms with Crippen LogP contribution < -0.4 is 10.1 Å². The summed E-state index contributed by atoms with van der Waals surface area (Å²) < 4.78 is 5.52. The van der Waals surface area contributed by atoms with Crippen LogP contribution in [0, 0.1) is 0 Å². The number of phenols is 1. The summed E-state index contributed by atoms with van der Waals surface area (Å²) in [6, 6.07) is 15.0. The number of hydrogen-bond donors (Lipinski definition) is 2. The SMILES string of the molecule is CCOc1ccc(-c2csc3ncnc(Nc4cccc(O)c4)c23)cc1.Cl. The van der Waals surface area contributed by atoms with Gasteiger partial charge >= 0.3 is 0 Å². The Balaban J connectivity index is 0.00000210. The van der Waals surface area contributed by atoms with E-state index < -0.39 is 0 Å². The van der Waals surface area contributed by atoms with Crippen molar-refractivity contribution in [3.63, 3.8) is 0 Å². The van der Waals surface area contributed by atoms with E-state index in [0.29, 0.717) is 12.4 Å². The van der Waals surface area contributed by atoms with Crippen molar-refractivity contribution in [2.75, 3.05) is 11.9 Å². The molecule has 0 radical (unpaired) electrons. The monoisotopic (exact) mass is 399 g/mol. The number of anilines is 2. The Kier molecular flexibility index (Phi) is 5.78. The molecule has 0 saturated heterocycles. The van der Waals surface area contributed by atoms with E-state index in [9.17, 15) is 5.11 Å². The number of halogens is 1. The largest absolute Gasteiger partial charge is 0.508 e. The molecule has 0 unspecified atom stereocenters. The number of aromatic nitrogens is 2. The van der Waals surface area contributed by atoms with Crippen molar-refractivity contribution >= 4 is 45.5 Å². The number of aromatic hydroxyl groups is 1. The van der Waals surface area contributed by atoms with Crippen molar-refractivity contribution in [2.45, 2.75) is 6.92 Å². The minimum Gasteiger partial charge on any atom is -0.508 e. The van der Waals surface area contributed by atoms with E-state index in [-0.39, 0.29) is 18.2 Å². The first-order chi connectivity index (χ1) is 12.7. The summed E-state index contributed by atoms with van der Waals surface area (Å²) in [7, 11) is 0. The highest BCUT2D eigenvalue weighted by molar-refractivity contribution is 7.17. The van der Waals surface area contributed by atoms with Crippen molar-refractivity contribution in [2.24, 2.45) is 0 Å². The Labute approximate surface area is 167 Å². The van der Waals surface area contributed by atoms with Gasteiger partial charge in [0.1, 0.15) is 28.5 Å². The average Bonchev–Trinajstić information content (AvgIpc) is 3.08. The van der Waals surface area contributed by atoms with Crippen molar-refractivity contribution in [1.82, 2.24) is 9.97 Å². The van der Waals surface area contributed by atoms with Gasteiger partial charge in [0.25, 0.3) is 0 Å². The molecular formula is C20H18ClN3O2S. The van der Waals surface area contributed by atoms with Crippen LogP contribution in [0.5, 0.6) is 11.5 Å². The van der Waals surface area contributed by atoms with Crippen molar-refractivity contribution in [3.8, 4) is 22.6 Å². The van der Waals surface area contributed by atoms with Gasteiger partial charge in [-0.3, -0.25) is 0 Å². The molecule has 2 N–H and O–H groups in total. The fourth-order valence-electron chi connectivity index (χ4n) is 2.80. The molecule has 138 valence electrons. The first-order valence-electron chi connectivity index (χ1n) is 8.26. The first-order valence-corrected chi connectivity index (χ1v) is 9.14. The summed E-state index contributed by atoms with van der Waals surface area (Å²) in [5.41, 5.74) is 2.92. The van der Waals surface area contributed by atoms with Gasteiger partial charge in [0, 0.05) is 22.7 Å². The van der Waals surface area contributed by atoms with Crippen LogP contribution in [0.1, 0.15) is 6.92 Å². The smallest absolute Gasteiger partial charge is 0.143 e. The van der Waals surface area contributed by atoms with Crippen molar-refractivity contribution in [3.05, 3.63) is 60.2 Å². The van der Waals surface area contributed by atoms with E-state index in [0.717, 1.165) is 32.8 Å². The summed E-state index contributed by atoms with van der Waals surface area (Å²) >= 11 is 1.58. The Morgan fingerprint density at radius 2 is 1.93 bits per heavy atom. The van der Waals surface area contributed by atoms with Crippen molar-refractivity contribution < 1.29 is 9.84 Å². The second-order valence-corrected chi connectivity index (χ2v) is 6.54. The fourth-order valence-corrected chi connectivity index (χ4v) is 3.72. The topological polar surface area (TPSA) is 67.3 Å². The summed E-state index contributed by atoms with van der Waals surface area (Å²) in [5, 5.41) is 16.0. The molecule has 0 saturated carbocycles. The molecule has 0 bridgehead atoms. The predicted octanol–water partition coefficient (Wildman–Crippen LogP) is 5.63. The number of fused-ring (bicyclic) bond motifs is 1. The second-order valence-electron chi connectivity index (χ2n) is 5.68. The van der Waals surface area contributed by atoms with Gasteiger partial charge in [0.15, 0.2) is 0 Å². The normalized spacial score (nSPS) is 10.4. The van der Waals surface area contributed by atoms with Crippen LogP contribution in [0.4, 0.5) is 11.5 Å². The van der Waals surface area contributed by atoms with E-state index in [1.165, 1.54) is 0 Å². The lowest BCUT2D eigenvalue weighted by Gasteiger charge is -2.09. The molecule has 0 amide bonds. The minimum absolute atomic E-state index is 0. The number of nitrogens with one attached hydrogen (secondary N) is 1. The highest BCUT2D eigenvalue weighted by Crippen LogP contribution is 2.38. The lowest BCUT2D eigenvalue weighted by atomic mass is 10.1. The van der Waals surface area contributed by atoms with Crippen LogP contribution in [0.3, 0.4) is 0 Å². The van der Waals surface area contributed by atoms with E-state index >= 15 is 0 Å². The number of ether oxygens (including phenoxy) is 1. The van der Waals surface area contributed by atoms with Crippen molar-refractivity contribution in [1.29, 1.82) is 0 Å². The zero-order valence-corrected chi connectivity index (χ0v) is 16.2. The lowest BCUT2D eigenvalue weighted by Crippen LogP contribution is -1.95. The van der Waals surface area contributed by atoms with Gasteiger partial charge in [-0.1, -0.05) is 18.2 Å². The van der Waals surface area contributed by atoms with Crippen LogP contribution >= 0.6 is 23.7 Å². The van der Waals surface area contributed by atoms with E-state index in [1.54, 1.807) is 35.9 Å². The van der Waals surface area contributed by atoms with Gasteiger partial charge < -0.3 is 15.2 Å². The molecule has 2 heterocycles. The summed E-state index contributed by atoms with van der Waals surface area (Å²) in [5.74, 6) is 1.77. The molecule has 0 fully saturated rings. The molecule has 0 aliphatic rings. The van der Waals surface area contributed by atoms with E-state index in [2.05, 4.69) is 20.7 Å². The van der Waals surface area contributed by atoms with E-state index in [4.69, 9.17) is 4.74 Å². The molecule has 0 aliphatic heterocycles. The Bertz CT molecular complexity index is 1050. The number of rotatable bonds is 5. The molecule has 2 aromatic carbocycles. The van der Waals surface area contributed by atoms with E-state index in [1.807, 2.05) is 37.3 Å². The number of benzene rings is 2. The lowest BCUT2D eigenvalue weighted by molar-refractivity contribution is 0.340. The maximum Gasteiger partial charge on any atom is 0.143 e. The Hall–Kier alpha value is -2.83. The van der Waals surface area contributed by atoms with Gasteiger partial charge in [0.2, 0.25) is 0 Å². The van der Waals surface area contributed by atoms with Crippen LogP contribution in [0.15, 0.2) is 60.2 Å². The third-order valence-electron chi connectivity index (χ3n) is 3.96. The number of nitrogens with zero attached hydrogens (tertiary/aromatic N) is 2. The Morgan fingerprint density at radius 3 is 2.67 bits per heavy atom. The molecule has 0 spiro atoms. The molecule has 2 aromatic heterocycles. The molecular weight excluding hydrogens is 382 g/mol. The second kappa shape index (κ2) is 8.24.